The molecule has 1 unspecified atom stereocenters. The molecule has 0 saturated carbocycles. The van der Waals surface area contributed by atoms with Gasteiger partial charge in [-0.2, -0.15) is 0 Å². The van der Waals surface area contributed by atoms with Gasteiger partial charge in [-0.15, -0.1) is 0 Å². The lowest BCUT2D eigenvalue weighted by atomic mass is 10.1. The number of nitrogens with two attached hydrogens (primary N) is 1. The zero-order valence-corrected chi connectivity index (χ0v) is 11.1. The number of rotatable bonds is 3. The van der Waals surface area contributed by atoms with Crippen molar-refractivity contribution in [1.29, 1.82) is 0 Å². The number of amides is 2. The fourth-order valence-electron chi connectivity index (χ4n) is 2.46. The molecule has 0 aliphatic carbocycles. The molecule has 2 rings (SSSR count). The van der Waals surface area contributed by atoms with E-state index in [1.165, 1.54) is 0 Å². The Labute approximate surface area is 112 Å². The number of hydrogen-bond donors (Lipinski definition) is 2. The van der Waals surface area contributed by atoms with E-state index < -0.39 is 0 Å². The molecule has 1 aromatic carbocycles. The molecule has 19 heavy (non-hydrogen) atoms. The Balaban J connectivity index is 2.07. The zero-order chi connectivity index (χ0) is 13.8. The lowest BCUT2D eigenvalue weighted by molar-refractivity contribution is -0.137. The lowest BCUT2D eigenvalue weighted by Gasteiger charge is -2.23. The van der Waals surface area contributed by atoms with Gasteiger partial charge in [0.2, 0.25) is 11.8 Å². The highest BCUT2D eigenvalue weighted by atomic mass is 16.2. The number of para-hydroxylation sites is 1. The second-order valence-electron chi connectivity index (χ2n) is 4.74. The standard InChI is InChI=1S/C14H19N3O2/c1-16-14(19)12-7-4-8-17(12)13(18)9-10-5-2-3-6-11(10)15/h2-3,5-6,12H,4,7-9,15H2,1H3,(H,16,19). The third-order valence-electron chi connectivity index (χ3n) is 3.52. The van der Waals surface area contributed by atoms with E-state index in [2.05, 4.69) is 5.32 Å². The van der Waals surface area contributed by atoms with Crippen LogP contribution < -0.4 is 11.1 Å². The number of carbonyl (C=O) groups excluding carboxylic acids is 2. The summed E-state index contributed by atoms with van der Waals surface area (Å²) in [5.74, 6) is -0.129. The Hall–Kier alpha value is -2.04. The molecule has 2 amide bonds. The molecule has 1 aliphatic heterocycles. The molecular weight excluding hydrogens is 242 g/mol. The zero-order valence-electron chi connectivity index (χ0n) is 11.1. The van der Waals surface area contributed by atoms with E-state index in [-0.39, 0.29) is 24.3 Å². The lowest BCUT2D eigenvalue weighted by Crippen LogP contribution is -2.45. The molecular formula is C14H19N3O2. The van der Waals surface area contributed by atoms with E-state index in [9.17, 15) is 9.59 Å². The third kappa shape index (κ3) is 2.86. The molecule has 1 aromatic rings. The van der Waals surface area contributed by atoms with Crippen molar-refractivity contribution in [3.05, 3.63) is 29.8 Å². The Morgan fingerprint density at radius 1 is 1.42 bits per heavy atom. The van der Waals surface area contributed by atoms with E-state index in [0.717, 1.165) is 18.4 Å². The first-order chi connectivity index (χ1) is 9.13. The molecule has 0 radical (unpaired) electrons. The largest absolute Gasteiger partial charge is 0.398 e. The van der Waals surface area contributed by atoms with Crippen LogP contribution in [-0.2, 0) is 16.0 Å². The Bertz CT molecular complexity index is 487. The van der Waals surface area contributed by atoms with E-state index >= 15 is 0 Å². The molecule has 0 spiro atoms. The summed E-state index contributed by atoms with van der Waals surface area (Å²) in [7, 11) is 1.60. The van der Waals surface area contributed by atoms with E-state index in [1.54, 1.807) is 18.0 Å². The first-order valence-electron chi connectivity index (χ1n) is 6.48. The molecule has 102 valence electrons. The molecule has 3 N–H and O–H groups in total. The highest BCUT2D eigenvalue weighted by Crippen LogP contribution is 2.20. The first kappa shape index (κ1) is 13.4. The summed E-state index contributed by atoms with van der Waals surface area (Å²) in [6.07, 6.45) is 1.85. The fourth-order valence-corrected chi connectivity index (χ4v) is 2.46. The van der Waals surface area contributed by atoms with Gasteiger partial charge in [0.05, 0.1) is 6.42 Å². The van der Waals surface area contributed by atoms with Crippen molar-refractivity contribution in [3.8, 4) is 0 Å². The smallest absolute Gasteiger partial charge is 0.242 e. The van der Waals surface area contributed by atoms with Crippen LogP contribution in [0.4, 0.5) is 5.69 Å². The van der Waals surface area contributed by atoms with Gasteiger partial charge < -0.3 is 16.0 Å². The molecule has 1 atom stereocenters. The average molecular weight is 261 g/mol. The van der Waals surface area contributed by atoms with Gasteiger partial charge in [0.25, 0.3) is 0 Å². The summed E-state index contributed by atoms with van der Waals surface area (Å²) in [4.78, 5) is 25.7. The minimum atomic E-state index is -0.331. The van der Waals surface area contributed by atoms with Crippen LogP contribution in [0.3, 0.4) is 0 Å². The topological polar surface area (TPSA) is 75.4 Å². The van der Waals surface area contributed by atoms with Crippen LogP contribution in [-0.4, -0.2) is 36.3 Å². The van der Waals surface area contributed by atoms with Crippen molar-refractivity contribution in [2.75, 3.05) is 19.3 Å². The van der Waals surface area contributed by atoms with Crippen molar-refractivity contribution in [3.63, 3.8) is 0 Å². The summed E-state index contributed by atoms with van der Waals surface area (Å²) in [6.45, 7) is 0.643. The summed E-state index contributed by atoms with van der Waals surface area (Å²) < 4.78 is 0. The molecule has 5 nitrogen and oxygen atoms in total. The number of nitrogens with zero attached hydrogens (tertiary/aromatic N) is 1. The Morgan fingerprint density at radius 2 is 2.16 bits per heavy atom. The predicted molar refractivity (Wildman–Crippen MR) is 73.4 cm³/mol. The summed E-state index contributed by atoms with van der Waals surface area (Å²) in [5, 5.41) is 2.61. The number of likely N-dealkylation sites (tertiary alicyclic amines) is 1. The monoisotopic (exact) mass is 261 g/mol. The van der Waals surface area contributed by atoms with Crippen LogP contribution in [0, 0.1) is 0 Å². The number of anilines is 1. The number of carbonyl (C=O) groups is 2. The summed E-state index contributed by atoms with van der Waals surface area (Å²) in [5.41, 5.74) is 7.27. The van der Waals surface area contributed by atoms with Crippen LogP contribution in [0.1, 0.15) is 18.4 Å². The van der Waals surface area contributed by atoms with E-state index in [1.807, 2.05) is 18.2 Å². The van der Waals surface area contributed by atoms with Crippen LogP contribution >= 0.6 is 0 Å². The number of likely N-dealkylation sites (N-methyl/N-ethyl adjacent to an activating group) is 1. The van der Waals surface area contributed by atoms with Gasteiger partial charge >= 0.3 is 0 Å². The molecule has 0 aromatic heterocycles. The molecule has 1 aliphatic rings. The van der Waals surface area contributed by atoms with Crippen molar-refractivity contribution in [2.45, 2.75) is 25.3 Å². The van der Waals surface area contributed by atoms with E-state index in [0.29, 0.717) is 12.2 Å². The van der Waals surface area contributed by atoms with E-state index in [4.69, 9.17) is 5.73 Å². The number of nitrogen functional groups attached to an aromatic ring is 1. The highest BCUT2D eigenvalue weighted by molar-refractivity contribution is 5.89. The maximum atomic E-state index is 12.3. The van der Waals surface area contributed by atoms with Gasteiger partial charge in [-0.1, -0.05) is 18.2 Å². The van der Waals surface area contributed by atoms with Gasteiger partial charge in [-0.25, -0.2) is 0 Å². The quantitative estimate of drug-likeness (QED) is 0.780. The van der Waals surface area contributed by atoms with Gasteiger partial charge in [0.1, 0.15) is 6.04 Å². The number of nitrogens with one attached hydrogen (secondary N) is 1. The SMILES string of the molecule is CNC(=O)C1CCCN1C(=O)Cc1ccccc1N. The molecule has 0 bridgehead atoms. The molecule has 1 fully saturated rings. The summed E-state index contributed by atoms with van der Waals surface area (Å²) in [6, 6.07) is 7.00. The highest BCUT2D eigenvalue weighted by Gasteiger charge is 2.33. The van der Waals surface area contributed by atoms with Gasteiger partial charge in [0.15, 0.2) is 0 Å². The molecule has 1 saturated heterocycles. The molecule has 5 heteroatoms. The minimum Gasteiger partial charge on any atom is -0.398 e. The van der Waals surface area contributed by atoms with Crippen LogP contribution in [0.5, 0.6) is 0 Å². The van der Waals surface area contributed by atoms with Gasteiger partial charge in [-0.3, -0.25) is 9.59 Å². The van der Waals surface area contributed by atoms with Crippen molar-refractivity contribution in [2.24, 2.45) is 0 Å². The Kier molecular flexibility index (Phi) is 4.04. The van der Waals surface area contributed by atoms with Crippen LogP contribution in [0.15, 0.2) is 24.3 Å². The molecule has 1 heterocycles. The normalized spacial score (nSPS) is 18.4. The van der Waals surface area contributed by atoms with Gasteiger partial charge in [0, 0.05) is 19.3 Å². The van der Waals surface area contributed by atoms with Crippen molar-refractivity contribution in [1.82, 2.24) is 10.2 Å². The number of hydrogen-bond acceptors (Lipinski definition) is 3. The third-order valence-corrected chi connectivity index (χ3v) is 3.52. The van der Waals surface area contributed by atoms with Gasteiger partial charge in [-0.05, 0) is 24.5 Å². The van der Waals surface area contributed by atoms with Crippen LogP contribution in [0.25, 0.3) is 0 Å². The minimum absolute atomic E-state index is 0.0380. The van der Waals surface area contributed by atoms with Crippen LogP contribution in [0.2, 0.25) is 0 Å². The maximum Gasteiger partial charge on any atom is 0.242 e. The maximum absolute atomic E-state index is 12.3. The fraction of sp³-hybridized carbons (Fsp3) is 0.429. The first-order valence-corrected chi connectivity index (χ1v) is 6.48. The summed E-state index contributed by atoms with van der Waals surface area (Å²) >= 11 is 0. The van der Waals surface area contributed by atoms with Crippen molar-refractivity contribution >= 4 is 17.5 Å². The predicted octanol–water partition coefficient (Wildman–Crippen LogP) is 0.548. The number of benzene rings is 1. The second-order valence-corrected chi connectivity index (χ2v) is 4.74. The van der Waals surface area contributed by atoms with Crippen molar-refractivity contribution < 1.29 is 9.59 Å². The average Bonchev–Trinajstić information content (AvgIpc) is 2.90. The second kappa shape index (κ2) is 5.73. The Morgan fingerprint density at radius 3 is 2.84 bits per heavy atom.